The highest BCUT2D eigenvalue weighted by Gasteiger charge is 2.44. The Morgan fingerprint density at radius 3 is 2.76 bits per heavy atom. The number of ether oxygens (including phenoxy) is 1. The van der Waals surface area contributed by atoms with Crippen molar-refractivity contribution in [1.29, 1.82) is 0 Å². The first-order valence-electron chi connectivity index (χ1n) is 6.27. The first-order valence-corrected chi connectivity index (χ1v) is 6.65. The van der Waals surface area contributed by atoms with E-state index >= 15 is 0 Å². The van der Waals surface area contributed by atoms with E-state index < -0.39 is 31.1 Å². The number of fused-ring (bicyclic) bond motifs is 1. The van der Waals surface area contributed by atoms with Gasteiger partial charge in [0.1, 0.15) is 18.3 Å². The number of aliphatic hydroxyl groups excluding tert-OH is 3. The summed E-state index contributed by atoms with van der Waals surface area (Å²) in [5, 5.41) is 31.9. The summed E-state index contributed by atoms with van der Waals surface area (Å²) in [6.45, 7) is -0.404. The van der Waals surface area contributed by atoms with Gasteiger partial charge in [0.2, 0.25) is 5.28 Å². The molecule has 1 saturated heterocycles. The molecule has 1 aliphatic rings. The van der Waals surface area contributed by atoms with E-state index in [1.165, 1.54) is 10.9 Å². The van der Waals surface area contributed by atoms with Crippen LogP contribution in [-0.2, 0) is 4.74 Å². The summed E-state index contributed by atoms with van der Waals surface area (Å²) in [6.07, 6.45) is -2.79. The Bertz CT molecular complexity index is 665. The lowest BCUT2D eigenvalue weighted by molar-refractivity contribution is -0.0511. The molecule has 114 valence electrons. The van der Waals surface area contributed by atoms with Gasteiger partial charge in [-0.25, -0.2) is 4.98 Å². The molecule has 0 spiro atoms. The van der Waals surface area contributed by atoms with E-state index in [2.05, 4.69) is 20.3 Å². The summed E-state index contributed by atoms with van der Waals surface area (Å²) in [5.41, 5.74) is 0.814. The van der Waals surface area contributed by atoms with Gasteiger partial charge in [0, 0.05) is 7.05 Å². The molecule has 2 aromatic rings. The molecule has 3 rings (SSSR count). The van der Waals surface area contributed by atoms with Crippen LogP contribution in [0.3, 0.4) is 0 Å². The fourth-order valence-corrected chi connectivity index (χ4v) is 2.52. The molecule has 0 aromatic carbocycles. The zero-order valence-electron chi connectivity index (χ0n) is 11.0. The molecule has 0 bridgehead atoms. The Balaban J connectivity index is 2.07. The number of anilines is 1. The molecular formula is C11H14ClN5O4. The molecule has 0 amide bonds. The Labute approximate surface area is 124 Å². The number of rotatable bonds is 3. The van der Waals surface area contributed by atoms with Crippen molar-refractivity contribution in [1.82, 2.24) is 19.5 Å². The van der Waals surface area contributed by atoms with Gasteiger partial charge < -0.3 is 25.4 Å². The van der Waals surface area contributed by atoms with Gasteiger partial charge in [0.25, 0.3) is 0 Å². The maximum absolute atomic E-state index is 10.1. The van der Waals surface area contributed by atoms with Gasteiger partial charge in [-0.2, -0.15) is 9.97 Å². The summed E-state index contributed by atoms with van der Waals surface area (Å²) in [5.74, 6) is 0.440. The van der Waals surface area contributed by atoms with Crippen LogP contribution in [0.5, 0.6) is 0 Å². The maximum atomic E-state index is 10.1. The fraction of sp³-hybridized carbons (Fsp3) is 0.545. The highest BCUT2D eigenvalue weighted by atomic mass is 35.5. The lowest BCUT2D eigenvalue weighted by atomic mass is 10.1. The molecule has 1 fully saturated rings. The topological polar surface area (TPSA) is 126 Å². The Morgan fingerprint density at radius 1 is 1.38 bits per heavy atom. The second-order valence-corrected chi connectivity index (χ2v) is 4.98. The SMILES string of the molecule is CNc1nc(Cl)nc2c1ncn2C1O[C@H](CO)[C@@H](O)[C@H]1O. The van der Waals surface area contributed by atoms with E-state index in [0.29, 0.717) is 17.0 Å². The van der Waals surface area contributed by atoms with E-state index in [9.17, 15) is 10.2 Å². The van der Waals surface area contributed by atoms with Gasteiger partial charge in [0.05, 0.1) is 12.9 Å². The summed E-state index contributed by atoms with van der Waals surface area (Å²) in [7, 11) is 1.67. The molecule has 1 aliphatic heterocycles. The van der Waals surface area contributed by atoms with Gasteiger partial charge in [-0.15, -0.1) is 0 Å². The van der Waals surface area contributed by atoms with Crippen molar-refractivity contribution < 1.29 is 20.1 Å². The number of nitrogens with one attached hydrogen (secondary N) is 1. The lowest BCUT2D eigenvalue weighted by Gasteiger charge is -2.16. The van der Waals surface area contributed by atoms with Crippen molar-refractivity contribution in [2.75, 3.05) is 19.0 Å². The molecule has 4 atom stereocenters. The van der Waals surface area contributed by atoms with Crippen LogP contribution in [0.2, 0.25) is 5.28 Å². The van der Waals surface area contributed by atoms with Crippen molar-refractivity contribution >= 4 is 28.6 Å². The molecule has 10 heteroatoms. The van der Waals surface area contributed by atoms with Crippen molar-refractivity contribution in [3.05, 3.63) is 11.6 Å². The minimum Gasteiger partial charge on any atom is -0.394 e. The van der Waals surface area contributed by atoms with Gasteiger partial charge in [0.15, 0.2) is 23.2 Å². The Kier molecular flexibility index (Phi) is 3.68. The third-order valence-electron chi connectivity index (χ3n) is 3.42. The molecule has 9 nitrogen and oxygen atoms in total. The fourth-order valence-electron chi connectivity index (χ4n) is 2.36. The predicted molar refractivity (Wildman–Crippen MR) is 72.9 cm³/mol. The first-order chi connectivity index (χ1) is 10.1. The molecule has 1 unspecified atom stereocenters. The second kappa shape index (κ2) is 5.35. The number of aromatic nitrogens is 4. The minimum atomic E-state index is -1.22. The van der Waals surface area contributed by atoms with Crippen molar-refractivity contribution in [2.24, 2.45) is 0 Å². The average Bonchev–Trinajstić information content (AvgIpc) is 3.01. The van der Waals surface area contributed by atoms with Gasteiger partial charge >= 0.3 is 0 Å². The van der Waals surface area contributed by atoms with E-state index in [1.54, 1.807) is 7.05 Å². The standard InChI is InChI=1S/C11H14ClN5O4/c1-13-8-5-9(16-11(12)15-8)17(3-14-5)10-7(20)6(19)4(2-18)21-10/h3-4,6-7,10,18-20H,2H2,1H3,(H,13,15,16)/t4-,6-,7-,10?/m1/s1. The van der Waals surface area contributed by atoms with Crippen LogP contribution in [-0.4, -0.2) is 66.8 Å². The molecule has 21 heavy (non-hydrogen) atoms. The largest absolute Gasteiger partial charge is 0.394 e. The van der Waals surface area contributed by atoms with Gasteiger partial charge in [-0.05, 0) is 11.6 Å². The van der Waals surface area contributed by atoms with Crippen LogP contribution in [0.25, 0.3) is 11.2 Å². The minimum absolute atomic E-state index is 0.0142. The number of hydrogen-bond acceptors (Lipinski definition) is 8. The molecule has 0 radical (unpaired) electrons. The van der Waals surface area contributed by atoms with Gasteiger partial charge in [-0.1, -0.05) is 0 Å². The van der Waals surface area contributed by atoms with Crippen molar-refractivity contribution in [2.45, 2.75) is 24.5 Å². The highest BCUT2D eigenvalue weighted by Crippen LogP contribution is 2.32. The van der Waals surface area contributed by atoms with Crippen molar-refractivity contribution in [3.63, 3.8) is 0 Å². The van der Waals surface area contributed by atoms with Crippen LogP contribution >= 0.6 is 11.6 Å². The number of hydrogen-bond donors (Lipinski definition) is 4. The zero-order chi connectivity index (χ0) is 15.1. The molecule has 0 saturated carbocycles. The van der Waals surface area contributed by atoms with Crippen LogP contribution in [0.15, 0.2) is 6.33 Å². The zero-order valence-corrected chi connectivity index (χ0v) is 11.8. The Hall–Kier alpha value is -1.52. The first kappa shape index (κ1) is 14.4. The third-order valence-corrected chi connectivity index (χ3v) is 3.59. The number of imidazole rings is 1. The lowest BCUT2D eigenvalue weighted by Crippen LogP contribution is -2.33. The molecule has 3 heterocycles. The van der Waals surface area contributed by atoms with E-state index in [4.69, 9.17) is 21.4 Å². The second-order valence-electron chi connectivity index (χ2n) is 4.64. The summed E-state index contributed by atoms with van der Waals surface area (Å²) in [6, 6.07) is 0. The van der Waals surface area contributed by atoms with E-state index in [0.717, 1.165) is 0 Å². The maximum Gasteiger partial charge on any atom is 0.226 e. The molecule has 2 aromatic heterocycles. The average molecular weight is 316 g/mol. The monoisotopic (exact) mass is 315 g/mol. The van der Waals surface area contributed by atoms with E-state index in [-0.39, 0.29) is 5.28 Å². The predicted octanol–water partition coefficient (Wildman–Crippen LogP) is -0.867. The number of aliphatic hydroxyl groups is 3. The summed E-state index contributed by atoms with van der Waals surface area (Å²) in [4.78, 5) is 12.2. The number of nitrogens with zero attached hydrogens (tertiary/aromatic N) is 4. The van der Waals surface area contributed by atoms with E-state index in [1.807, 2.05) is 0 Å². The molecule has 4 N–H and O–H groups in total. The molecular weight excluding hydrogens is 302 g/mol. The quantitative estimate of drug-likeness (QED) is 0.539. The van der Waals surface area contributed by atoms with Crippen LogP contribution in [0.1, 0.15) is 6.23 Å². The van der Waals surface area contributed by atoms with Crippen LogP contribution < -0.4 is 5.32 Å². The van der Waals surface area contributed by atoms with Crippen LogP contribution in [0.4, 0.5) is 5.82 Å². The van der Waals surface area contributed by atoms with Crippen molar-refractivity contribution in [3.8, 4) is 0 Å². The van der Waals surface area contributed by atoms with Gasteiger partial charge in [-0.3, -0.25) is 4.57 Å². The Morgan fingerprint density at radius 2 is 2.14 bits per heavy atom. The highest BCUT2D eigenvalue weighted by molar-refractivity contribution is 6.28. The normalized spacial score (nSPS) is 29.2. The van der Waals surface area contributed by atoms with Crippen LogP contribution in [0, 0.1) is 0 Å². The third kappa shape index (κ3) is 2.23. The summed E-state index contributed by atoms with van der Waals surface area (Å²) >= 11 is 5.86. The smallest absolute Gasteiger partial charge is 0.226 e. The number of halogens is 1. The summed E-state index contributed by atoms with van der Waals surface area (Å²) < 4.78 is 6.90. The molecule has 0 aliphatic carbocycles.